The highest BCUT2D eigenvalue weighted by Gasteiger charge is 2.04. The molecule has 2 rings (SSSR count). The molecule has 19 heavy (non-hydrogen) atoms. The Labute approximate surface area is 121 Å². The molecule has 0 aliphatic carbocycles. The first-order chi connectivity index (χ1) is 9.13. The number of hydrogen-bond acceptors (Lipinski definition) is 3. The van der Waals surface area contributed by atoms with Crippen LogP contribution >= 0.6 is 23.2 Å². The van der Waals surface area contributed by atoms with Gasteiger partial charge < -0.3 is 10.1 Å². The molecule has 0 bridgehead atoms. The number of methoxy groups -OCH3 is 1. The lowest BCUT2D eigenvalue weighted by atomic mass is 10.2. The molecular formula is C14H10Cl2N2O. The molecule has 2 aromatic rings. The maximum Gasteiger partial charge on any atom is 0.139 e. The predicted molar refractivity (Wildman–Crippen MR) is 77.5 cm³/mol. The fourth-order valence-electron chi connectivity index (χ4n) is 1.59. The van der Waals surface area contributed by atoms with Crippen LogP contribution in [-0.2, 0) is 0 Å². The first-order valence-corrected chi connectivity index (χ1v) is 6.20. The van der Waals surface area contributed by atoms with E-state index in [0.717, 1.165) is 11.4 Å². The van der Waals surface area contributed by atoms with Gasteiger partial charge in [-0.3, -0.25) is 0 Å². The standard InChI is InChI=1S/C14H10Cl2N2O/c1-19-14-7-11(4-5-12(14)15)18-10-3-2-9(8-17)13(16)6-10/h2-7,18H,1H3. The third-order valence-electron chi connectivity index (χ3n) is 2.53. The predicted octanol–water partition coefficient (Wildman–Crippen LogP) is 4.62. The highest BCUT2D eigenvalue weighted by molar-refractivity contribution is 6.32. The number of nitriles is 1. The summed E-state index contributed by atoms with van der Waals surface area (Å²) < 4.78 is 5.14. The first-order valence-electron chi connectivity index (χ1n) is 5.44. The van der Waals surface area contributed by atoms with E-state index in [1.54, 1.807) is 37.4 Å². The van der Waals surface area contributed by atoms with Crippen molar-refractivity contribution in [2.75, 3.05) is 12.4 Å². The highest BCUT2D eigenvalue weighted by atomic mass is 35.5. The number of hydrogen-bond donors (Lipinski definition) is 1. The minimum Gasteiger partial charge on any atom is -0.495 e. The van der Waals surface area contributed by atoms with Gasteiger partial charge in [-0.2, -0.15) is 5.26 Å². The van der Waals surface area contributed by atoms with Crippen molar-refractivity contribution in [3.8, 4) is 11.8 Å². The van der Waals surface area contributed by atoms with Gasteiger partial charge >= 0.3 is 0 Å². The SMILES string of the molecule is COc1cc(Nc2ccc(C#N)c(Cl)c2)ccc1Cl. The fraction of sp³-hybridized carbons (Fsp3) is 0.0714. The van der Waals surface area contributed by atoms with Gasteiger partial charge in [-0.05, 0) is 30.3 Å². The van der Waals surface area contributed by atoms with Crippen molar-refractivity contribution in [1.82, 2.24) is 0 Å². The maximum atomic E-state index is 8.81. The number of nitrogens with zero attached hydrogens (tertiary/aromatic N) is 1. The van der Waals surface area contributed by atoms with Crippen molar-refractivity contribution in [2.24, 2.45) is 0 Å². The van der Waals surface area contributed by atoms with Crippen LogP contribution in [0.5, 0.6) is 5.75 Å². The first kappa shape index (κ1) is 13.5. The number of anilines is 2. The molecule has 0 radical (unpaired) electrons. The quantitative estimate of drug-likeness (QED) is 0.898. The molecule has 0 amide bonds. The zero-order valence-corrected chi connectivity index (χ0v) is 11.6. The van der Waals surface area contributed by atoms with Crippen molar-refractivity contribution in [3.05, 3.63) is 52.0 Å². The number of benzene rings is 2. The van der Waals surface area contributed by atoms with E-state index in [1.807, 2.05) is 12.1 Å². The van der Waals surface area contributed by atoms with Crippen LogP contribution in [-0.4, -0.2) is 7.11 Å². The molecule has 0 unspecified atom stereocenters. The summed E-state index contributed by atoms with van der Waals surface area (Å²) in [6.07, 6.45) is 0. The number of rotatable bonds is 3. The molecule has 0 spiro atoms. The molecule has 5 heteroatoms. The van der Waals surface area contributed by atoms with Gasteiger partial charge in [0.2, 0.25) is 0 Å². The molecular weight excluding hydrogens is 283 g/mol. The smallest absolute Gasteiger partial charge is 0.139 e. The van der Waals surface area contributed by atoms with E-state index >= 15 is 0 Å². The summed E-state index contributed by atoms with van der Waals surface area (Å²) in [7, 11) is 1.56. The molecule has 0 aliphatic heterocycles. The minimum absolute atomic E-state index is 0.411. The van der Waals surface area contributed by atoms with E-state index in [0.29, 0.717) is 21.4 Å². The summed E-state index contributed by atoms with van der Waals surface area (Å²) in [6, 6.07) is 12.5. The number of halogens is 2. The summed E-state index contributed by atoms with van der Waals surface area (Å²) in [5.41, 5.74) is 2.05. The third-order valence-corrected chi connectivity index (χ3v) is 3.15. The lowest BCUT2D eigenvalue weighted by molar-refractivity contribution is 0.415. The van der Waals surface area contributed by atoms with E-state index < -0.39 is 0 Å². The minimum atomic E-state index is 0.411. The average Bonchev–Trinajstić information content (AvgIpc) is 2.41. The lowest BCUT2D eigenvalue weighted by Crippen LogP contribution is -1.92. The van der Waals surface area contributed by atoms with Gasteiger partial charge in [-0.25, -0.2) is 0 Å². The summed E-state index contributed by atoms with van der Waals surface area (Å²) in [5, 5.41) is 12.9. The Balaban J connectivity index is 2.26. The molecule has 96 valence electrons. The van der Waals surface area contributed by atoms with Gasteiger partial charge in [0.1, 0.15) is 11.8 Å². The van der Waals surface area contributed by atoms with Crippen LogP contribution in [0, 0.1) is 11.3 Å². The van der Waals surface area contributed by atoms with Gasteiger partial charge in [0.05, 0.1) is 22.7 Å². The molecule has 0 aromatic heterocycles. The second kappa shape index (κ2) is 5.83. The summed E-state index contributed by atoms with van der Waals surface area (Å²) >= 11 is 11.9. The Morgan fingerprint density at radius 2 is 1.74 bits per heavy atom. The monoisotopic (exact) mass is 292 g/mol. The van der Waals surface area contributed by atoms with Gasteiger partial charge in [0, 0.05) is 17.4 Å². The fourth-order valence-corrected chi connectivity index (χ4v) is 2.01. The summed E-state index contributed by atoms with van der Waals surface area (Å²) in [4.78, 5) is 0. The van der Waals surface area contributed by atoms with Crippen LogP contribution < -0.4 is 10.1 Å². The molecule has 2 aromatic carbocycles. The molecule has 0 aliphatic rings. The van der Waals surface area contributed by atoms with Crippen LogP contribution in [0.1, 0.15) is 5.56 Å². The second-order valence-corrected chi connectivity index (χ2v) is 4.60. The molecule has 0 heterocycles. The number of nitrogens with one attached hydrogen (secondary N) is 1. The van der Waals surface area contributed by atoms with Gasteiger partial charge in [-0.15, -0.1) is 0 Å². The van der Waals surface area contributed by atoms with Crippen molar-refractivity contribution in [1.29, 1.82) is 5.26 Å². The van der Waals surface area contributed by atoms with E-state index in [-0.39, 0.29) is 0 Å². The van der Waals surface area contributed by atoms with Crippen molar-refractivity contribution < 1.29 is 4.74 Å². The van der Waals surface area contributed by atoms with Crippen molar-refractivity contribution >= 4 is 34.6 Å². The Morgan fingerprint density at radius 1 is 1.05 bits per heavy atom. The second-order valence-electron chi connectivity index (χ2n) is 3.78. The zero-order valence-electron chi connectivity index (χ0n) is 10.1. The van der Waals surface area contributed by atoms with Gasteiger partial charge in [-0.1, -0.05) is 23.2 Å². The Kier molecular flexibility index (Phi) is 4.16. The van der Waals surface area contributed by atoms with Gasteiger partial charge in [0.25, 0.3) is 0 Å². The molecule has 0 atom stereocenters. The topological polar surface area (TPSA) is 45.0 Å². The Bertz CT molecular complexity index is 641. The zero-order chi connectivity index (χ0) is 13.8. The van der Waals surface area contributed by atoms with Crippen molar-refractivity contribution in [3.63, 3.8) is 0 Å². The Hall–Kier alpha value is -1.89. The molecule has 0 fully saturated rings. The van der Waals surface area contributed by atoms with E-state index in [1.165, 1.54) is 0 Å². The van der Waals surface area contributed by atoms with Crippen LogP contribution in [0.3, 0.4) is 0 Å². The molecule has 3 nitrogen and oxygen atoms in total. The normalized spacial score (nSPS) is 9.79. The van der Waals surface area contributed by atoms with Crippen LogP contribution in [0.15, 0.2) is 36.4 Å². The maximum absolute atomic E-state index is 8.81. The van der Waals surface area contributed by atoms with Crippen LogP contribution in [0.25, 0.3) is 0 Å². The lowest BCUT2D eigenvalue weighted by Gasteiger charge is -2.10. The molecule has 0 saturated heterocycles. The average molecular weight is 293 g/mol. The van der Waals surface area contributed by atoms with Crippen molar-refractivity contribution in [2.45, 2.75) is 0 Å². The third kappa shape index (κ3) is 3.11. The van der Waals surface area contributed by atoms with E-state index in [2.05, 4.69) is 5.32 Å². The van der Waals surface area contributed by atoms with Crippen LogP contribution in [0.2, 0.25) is 10.0 Å². The highest BCUT2D eigenvalue weighted by Crippen LogP contribution is 2.30. The van der Waals surface area contributed by atoms with E-state index in [9.17, 15) is 0 Å². The summed E-state index contributed by atoms with van der Waals surface area (Å²) in [5.74, 6) is 0.589. The largest absolute Gasteiger partial charge is 0.495 e. The van der Waals surface area contributed by atoms with Crippen LogP contribution in [0.4, 0.5) is 11.4 Å². The van der Waals surface area contributed by atoms with Gasteiger partial charge in [0.15, 0.2) is 0 Å². The number of ether oxygens (including phenoxy) is 1. The summed E-state index contributed by atoms with van der Waals surface area (Å²) in [6.45, 7) is 0. The molecule has 1 N–H and O–H groups in total. The Morgan fingerprint density at radius 3 is 2.37 bits per heavy atom. The molecule has 0 saturated carbocycles. The van der Waals surface area contributed by atoms with E-state index in [4.69, 9.17) is 33.2 Å².